The van der Waals surface area contributed by atoms with E-state index in [1.54, 1.807) is 30.3 Å². The second-order valence-corrected chi connectivity index (χ2v) is 10.3. The molecule has 3 N–H and O–H groups in total. The van der Waals surface area contributed by atoms with Crippen molar-refractivity contribution in [2.24, 2.45) is 0 Å². The van der Waals surface area contributed by atoms with Crippen molar-refractivity contribution < 1.29 is 32.3 Å². The van der Waals surface area contributed by atoms with Gasteiger partial charge in [0.15, 0.2) is 16.3 Å². The van der Waals surface area contributed by atoms with E-state index in [2.05, 4.69) is 20.1 Å². The number of nitrogens with one attached hydrogen (secondary N) is 2. The average molecular weight is 577 g/mol. The van der Waals surface area contributed by atoms with Gasteiger partial charge in [0.05, 0.1) is 21.3 Å². The normalized spacial score (nSPS) is 13.6. The van der Waals surface area contributed by atoms with Gasteiger partial charge in [-0.25, -0.2) is 8.42 Å². The van der Waals surface area contributed by atoms with Crippen molar-refractivity contribution in [1.82, 2.24) is 10.5 Å². The number of fused-ring (bicyclic) bond motifs is 1. The number of piperazine rings is 1. The highest BCUT2D eigenvalue weighted by atomic mass is 35.5. The second kappa shape index (κ2) is 11.5. The Kier molecular flexibility index (Phi) is 8.28. The van der Waals surface area contributed by atoms with Crippen molar-refractivity contribution in [3.05, 3.63) is 48.5 Å². The summed E-state index contributed by atoms with van der Waals surface area (Å²) in [5.74, 6) is 0.655. The summed E-state index contributed by atoms with van der Waals surface area (Å²) in [5.41, 5.74) is 2.66. The molecule has 39 heavy (non-hydrogen) atoms. The number of rotatable bonds is 8. The molecule has 0 bridgehead atoms. The first-order chi connectivity index (χ1) is 18.3. The van der Waals surface area contributed by atoms with Crippen LogP contribution in [0.25, 0.3) is 22.1 Å². The van der Waals surface area contributed by atoms with Crippen LogP contribution < -0.4 is 29.1 Å². The molecular formula is C26H29ClN4O7S. The molecule has 1 fully saturated rings. The van der Waals surface area contributed by atoms with Crippen molar-refractivity contribution >= 4 is 44.9 Å². The Hall–Kier alpha value is -3.87. The van der Waals surface area contributed by atoms with E-state index in [1.807, 2.05) is 6.07 Å². The summed E-state index contributed by atoms with van der Waals surface area (Å²) >= 11 is 0. The van der Waals surface area contributed by atoms with E-state index in [-0.39, 0.29) is 40.4 Å². The summed E-state index contributed by atoms with van der Waals surface area (Å²) in [6.45, 7) is 3.38. The Balaban J connectivity index is 0.00000353. The third-order valence-corrected chi connectivity index (χ3v) is 7.76. The topological polar surface area (TPSA) is 135 Å². The first-order valence-corrected chi connectivity index (χ1v) is 13.3. The summed E-state index contributed by atoms with van der Waals surface area (Å²) < 4.78 is 50.9. The summed E-state index contributed by atoms with van der Waals surface area (Å²) in [6, 6.07) is 13.5. The zero-order valence-electron chi connectivity index (χ0n) is 21.6. The van der Waals surface area contributed by atoms with E-state index in [9.17, 15) is 13.5 Å². The van der Waals surface area contributed by atoms with E-state index >= 15 is 0 Å². The molecule has 4 aromatic rings. The quantitative estimate of drug-likeness (QED) is 0.284. The smallest absolute Gasteiger partial charge is 0.270 e. The molecule has 0 spiro atoms. The van der Waals surface area contributed by atoms with Crippen molar-refractivity contribution in [2.45, 2.75) is 4.90 Å². The van der Waals surface area contributed by atoms with Gasteiger partial charge in [-0.05, 0) is 47.5 Å². The minimum absolute atomic E-state index is 0. The van der Waals surface area contributed by atoms with Crippen LogP contribution in [0.5, 0.6) is 23.0 Å². The highest BCUT2D eigenvalue weighted by Crippen LogP contribution is 2.40. The summed E-state index contributed by atoms with van der Waals surface area (Å²) in [7, 11) is 0.0286. The number of hydrogen-bond donors (Lipinski definition) is 3. The molecule has 0 radical (unpaired) electrons. The number of nitrogens with zero attached hydrogens (tertiary/aromatic N) is 2. The van der Waals surface area contributed by atoms with Gasteiger partial charge in [-0.1, -0.05) is 11.2 Å². The van der Waals surface area contributed by atoms with Crippen LogP contribution in [0.15, 0.2) is 57.9 Å². The summed E-state index contributed by atoms with van der Waals surface area (Å²) in [5, 5.41) is 18.1. The minimum Gasteiger partial charge on any atom is -0.508 e. The maximum absolute atomic E-state index is 13.4. The van der Waals surface area contributed by atoms with Gasteiger partial charge in [0, 0.05) is 37.9 Å². The van der Waals surface area contributed by atoms with Gasteiger partial charge in [-0.2, -0.15) is 0 Å². The number of ether oxygens (including phenoxy) is 3. The lowest BCUT2D eigenvalue weighted by molar-refractivity contribution is 0.373. The Morgan fingerprint density at radius 2 is 1.59 bits per heavy atom. The van der Waals surface area contributed by atoms with E-state index in [1.165, 1.54) is 33.5 Å². The Morgan fingerprint density at radius 1 is 0.949 bits per heavy atom. The summed E-state index contributed by atoms with van der Waals surface area (Å²) in [4.78, 5) is 2.03. The number of aromatic hydroxyl groups is 1. The van der Waals surface area contributed by atoms with Crippen LogP contribution >= 0.6 is 12.4 Å². The fraction of sp³-hybridized carbons (Fsp3) is 0.269. The maximum Gasteiger partial charge on any atom is 0.270 e. The molecule has 0 aliphatic carbocycles. The number of methoxy groups -OCH3 is 3. The molecule has 1 aliphatic rings. The Bertz CT molecular complexity index is 1560. The van der Waals surface area contributed by atoms with E-state index in [4.69, 9.17) is 18.7 Å². The third-order valence-electron chi connectivity index (χ3n) is 6.36. The van der Waals surface area contributed by atoms with Gasteiger partial charge in [-0.3, -0.25) is 4.72 Å². The van der Waals surface area contributed by atoms with Crippen molar-refractivity contribution in [3.8, 4) is 34.1 Å². The molecule has 0 amide bonds. The van der Waals surface area contributed by atoms with Gasteiger partial charge >= 0.3 is 0 Å². The van der Waals surface area contributed by atoms with Crippen LogP contribution in [0.3, 0.4) is 0 Å². The molecule has 13 heteroatoms. The van der Waals surface area contributed by atoms with Crippen LogP contribution in [0.4, 0.5) is 11.5 Å². The van der Waals surface area contributed by atoms with Crippen molar-refractivity contribution in [1.29, 1.82) is 0 Å². The number of halogens is 1. The van der Waals surface area contributed by atoms with Gasteiger partial charge in [0.2, 0.25) is 0 Å². The fourth-order valence-corrected chi connectivity index (χ4v) is 5.89. The van der Waals surface area contributed by atoms with Gasteiger partial charge in [-0.15, -0.1) is 12.4 Å². The molecule has 3 aromatic carbocycles. The predicted octanol–water partition coefficient (Wildman–Crippen LogP) is 3.86. The van der Waals surface area contributed by atoms with Crippen LogP contribution in [0.2, 0.25) is 0 Å². The number of sulfonamides is 1. The fourth-order valence-electron chi connectivity index (χ4n) is 4.56. The monoisotopic (exact) mass is 576 g/mol. The molecule has 0 saturated carbocycles. The van der Waals surface area contributed by atoms with Gasteiger partial charge in [0.1, 0.15) is 28.4 Å². The first kappa shape index (κ1) is 28.1. The summed E-state index contributed by atoms with van der Waals surface area (Å²) in [6.07, 6.45) is 0. The molecule has 11 nitrogen and oxygen atoms in total. The van der Waals surface area contributed by atoms with Gasteiger partial charge < -0.3 is 34.1 Å². The molecule has 0 unspecified atom stereocenters. The van der Waals surface area contributed by atoms with Crippen LogP contribution in [-0.4, -0.2) is 66.2 Å². The number of phenols is 1. The average Bonchev–Trinajstić information content (AvgIpc) is 3.34. The number of hydrogen-bond acceptors (Lipinski definition) is 10. The number of anilines is 2. The Labute approximate surface area is 232 Å². The zero-order chi connectivity index (χ0) is 26.9. The second-order valence-electron chi connectivity index (χ2n) is 8.66. The lowest BCUT2D eigenvalue weighted by atomic mass is 10.0. The molecule has 208 valence electrons. The van der Waals surface area contributed by atoms with Crippen molar-refractivity contribution in [3.63, 3.8) is 0 Å². The molecular weight excluding hydrogens is 548 g/mol. The van der Waals surface area contributed by atoms with Crippen LogP contribution in [0.1, 0.15) is 0 Å². The first-order valence-electron chi connectivity index (χ1n) is 11.9. The van der Waals surface area contributed by atoms with E-state index in [0.29, 0.717) is 22.3 Å². The molecule has 5 rings (SSSR count). The molecule has 1 aromatic heterocycles. The highest BCUT2D eigenvalue weighted by Gasteiger charge is 2.28. The number of phenolic OH excluding ortho intramolecular Hbond substituents is 1. The zero-order valence-corrected chi connectivity index (χ0v) is 23.2. The third kappa shape index (κ3) is 5.49. The highest BCUT2D eigenvalue weighted by molar-refractivity contribution is 7.93. The SMILES string of the molecule is COc1cccc(OC)c1S(=O)(=O)Nc1noc2cc(-c3cc(O)cc(N4CCNCC4)c3)cc(OC)c12.Cl. The molecule has 2 heterocycles. The minimum atomic E-state index is -4.19. The Morgan fingerprint density at radius 3 is 2.23 bits per heavy atom. The number of benzene rings is 3. The maximum atomic E-state index is 13.4. The van der Waals surface area contributed by atoms with Crippen LogP contribution in [-0.2, 0) is 10.0 Å². The molecule has 0 atom stereocenters. The molecule has 1 saturated heterocycles. The van der Waals surface area contributed by atoms with Crippen LogP contribution in [0, 0.1) is 0 Å². The lowest BCUT2D eigenvalue weighted by Crippen LogP contribution is -2.43. The predicted molar refractivity (Wildman–Crippen MR) is 150 cm³/mol. The van der Waals surface area contributed by atoms with Crippen molar-refractivity contribution in [2.75, 3.05) is 57.1 Å². The van der Waals surface area contributed by atoms with E-state index < -0.39 is 10.0 Å². The molecule has 1 aliphatic heterocycles. The standard InChI is InChI=1S/C26H28N4O7S.ClH/c1-34-20-5-4-6-21(35-2)25(20)38(32,33)29-26-24-22(36-3)13-17(14-23(24)37-28-26)16-11-18(15-19(31)12-16)30-9-7-27-8-10-30;/h4-6,11-15,27,31H,7-10H2,1-3H3,(H,28,29);1H. The largest absolute Gasteiger partial charge is 0.508 e. The number of aromatic nitrogens is 1. The lowest BCUT2D eigenvalue weighted by Gasteiger charge is -2.30. The van der Waals surface area contributed by atoms with E-state index in [0.717, 1.165) is 37.4 Å². The van der Waals surface area contributed by atoms with Gasteiger partial charge in [0.25, 0.3) is 10.0 Å².